The molecule has 0 aliphatic rings. The Morgan fingerprint density at radius 2 is 1.90 bits per heavy atom. The largest absolute Gasteiger partial charge is 0.489 e. The summed E-state index contributed by atoms with van der Waals surface area (Å²) < 4.78 is 7.78. The van der Waals surface area contributed by atoms with Crippen molar-refractivity contribution < 1.29 is 9.66 Å². The van der Waals surface area contributed by atoms with Crippen LogP contribution >= 0.6 is 11.3 Å². The summed E-state index contributed by atoms with van der Waals surface area (Å²) in [5.74, 6) is 0.701. The Balaban J connectivity index is 1.51. The molecule has 8 heteroatoms. The predicted molar refractivity (Wildman–Crippen MR) is 120 cm³/mol. The first-order valence-corrected chi connectivity index (χ1v) is 10.3. The highest BCUT2D eigenvalue weighted by molar-refractivity contribution is 7.15. The van der Waals surface area contributed by atoms with Gasteiger partial charge in [0, 0.05) is 12.1 Å². The van der Waals surface area contributed by atoms with E-state index in [2.05, 4.69) is 4.98 Å². The second-order valence-electron chi connectivity index (χ2n) is 6.92. The fourth-order valence-electron chi connectivity index (χ4n) is 3.35. The zero-order valence-electron chi connectivity index (χ0n) is 16.1. The van der Waals surface area contributed by atoms with E-state index < -0.39 is 4.92 Å². The first-order chi connectivity index (χ1) is 15.1. The van der Waals surface area contributed by atoms with Gasteiger partial charge in [-0.25, -0.2) is 9.38 Å². The highest BCUT2D eigenvalue weighted by Gasteiger charge is 2.15. The van der Waals surface area contributed by atoms with Crippen LogP contribution in [0.3, 0.4) is 0 Å². The van der Waals surface area contributed by atoms with Gasteiger partial charge in [0.05, 0.1) is 20.5 Å². The quantitative estimate of drug-likeness (QED) is 0.312. The van der Waals surface area contributed by atoms with Crippen molar-refractivity contribution in [3.05, 3.63) is 109 Å². The predicted octanol–water partition coefficient (Wildman–Crippen LogP) is 3.94. The Labute approximate surface area is 179 Å². The Morgan fingerprint density at radius 3 is 2.71 bits per heavy atom. The number of imidazole rings is 1. The number of nitro benzene ring substituents is 1. The molecule has 3 aromatic carbocycles. The van der Waals surface area contributed by atoms with Gasteiger partial charge in [0.1, 0.15) is 12.4 Å². The fraction of sp³-hybridized carbons (Fsp3) is 0.0435. The van der Waals surface area contributed by atoms with Crippen LogP contribution in [0.15, 0.2) is 77.6 Å². The van der Waals surface area contributed by atoms with Crippen LogP contribution in [0.2, 0.25) is 0 Å². The zero-order valence-corrected chi connectivity index (χ0v) is 16.9. The normalized spacial score (nSPS) is 11.9. The number of benzene rings is 3. The van der Waals surface area contributed by atoms with Crippen LogP contribution in [-0.2, 0) is 6.61 Å². The summed E-state index contributed by atoms with van der Waals surface area (Å²) >= 11 is 1.25. The average Bonchev–Trinajstić information content (AvgIpc) is 3.29. The van der Waals surface area contributed by atoms with Crippen molar-refractivity contribution in [1.29, 1.82) is 0 Å². The lowest BCUT2D eigenvalue weighted by molar-refractivity contribution is -0.384. The molecule has 0 N–H and O–H groups in total. The molecular weight excluding hydrogens is 414 g/mol. The molecule has 2 aromatic heterocycles. The standard InChI is InChI=1S/C23H15N3O4S/c27-22-21(31-23-24-19-10-9-17(26(28)29)13-20(19)25(22)23)12-16-7-4-8-18(11-16)30-14-15-5-2-1-3-6-15/h1-13H,14H2/b21-12+. The number of nitro groups is 1. The van der Waals surface area contributed by atoms with Crippen molar-refractivity contribution in [2.45, 2.75) is 6.61 Å². The Bertz CT molecular complexity index is 1540. The third kappa shape index (κ3) is 3.64. The van der Waals surface area contributed by atoms with Gasteiger partial charge in [0.15, 0.2) is 4.96 Å². The van der Waals surface area contributed by atoms with E-state index in [1.54, 1.807) is 12.1 Å². The molecule has 7 nitrogen and oxygen atoms in total. The number of hydrogen-bond acceptors (Lipinski definition) is 6. The third-order valence-corrected chi connectivity index (χ3v) is 5.81. The van der Waals surface area contributed by atoms with Crippen LogP contribution in [0.25, 0.3) is 22.1 Å². The first-order valence-electron chi connectivity index (χ1n) is 9.46. The molecule has 0 saturated carbocycles. The minimum atomic E-state index is -0.482. The Morgan fingerprint density at radius 1 is 1.06 bits per heavy atom. The lowest BCUT2D eigenvalue weighted by Gasteiger charge is -2.06. The molecule has 0 spiro atoms. The van der Waals surface area contributed by atoms with Crippen LogP contribution in [0.5, 0.6) is 5.75 Å². The molecule has 0 unspecified atom stereocenters. The van der Waals surface area contributed by atoms with Crippen LogP contribution in [0, 0.1) is 10.1 Å². The van der Waals surface area contributed by atoms with Gasteiger partial charge in [-0.3, -0.25) is 14.9 Å². The zero-order chi connectivity index (χ0) is 21.4. The molecule has 152 valence electrons. The smallest absolute Gasteiger partial charge is 0.274 e. The summed E-state index contributed by atoms with van der Waals surface area (Å²) in [4.78, 5) is 28.5. The van der Waals surface area contributed by atoms with Crippen molar-refractivity contribution in [3.63, 3.8) is 0 Å². The summed E-state index contributed by atoms with van der Waals surface area (Å²) in [5, 5.41) is 11.1. The molecule has 0 amide bonds. The van der Waals surface area contributed by atoms with E-state index in [1.165, 1.54) is 27.9 Å². The second-order valence-corrected chi connectivity index (χ2v) is 7.93. The van der Waals surface area contributed by atoms with Crippen molar-refractivity contribution in [3.8, 4) is 5.75 Å². The molecule has 5 rings (SSSR count). The third-order valence-electron chi connectivity index (χ3n) is 4.84. The lowest BCUT2D eigenvalue weighted by atomic mass is 10.2. The number of fused-ring (bicyclic) bond motifs is 3. The topological polar surface area (TPSA) is 86.7 Å². The van der Waals surface area contributed by atoms with Crippen LogP contribution in [0.1, 0.15) is 11.1 Å². The second kappa shape index (κ2) is 7.66. The maximum absolute atomic E-state index is 13.0. The van der Waals surface area contributed by atoms with Gasteiger partial charge in [-0.05, 0) is 35.4 Å². The number of aromatic nitrogens is 2. The molecule has 0 fully saturated rings. The summed E-state index contributed by atoms with van der Waals surface area (Å²) in [6.45, 7) is 0.453. The molecule has 0 radical (unpaired) electrons. The van der Waals surface area contributed by atoms with Crippen LogP contribution in [0.4, 0.5) is 5.69 Å². The number of hydrogen-bond donors (Lipinski definition) is 0. The Hall–Kier alpha value is -4.04. The minimum absolute atomic E-state index is 0.0753. The van der Waals surface area contributed by atoms with Crippen molar-refractivity contribution in [2.75, 3.05) is 0 Å². The van der Waals surface area contributed by atoms with Gasteiger partial charge in [0.2, 0.25) is 0 Å². The highest BCUT2D eigenvalue weighted by Crippen LogP contribution is 2.22. The first kappa shape index (κ1) is 19.0. The van der Waals surface area contributed by atoms with Crippen molar-refractivity contribution in [2.24, 2.45) is 0 Å². The number of ether oxygens (including phenoxy) is 1. The summed E-state index contributed by atoms with van der Waals surface area (Å²) in [7, 11) is 0. The molecule has 0 atom stereocenters. The van der Waals surface area contributed by atoms with E-state index in [0.717, 1.165) is 11.1 Å². The molecule has 5 aromatic rings. The fourth-order valence-corrected chi connectivity index (χ4v) is 4.34. The van der Waals surface area contributed by atoms with Gasteiger partial charge >= 0.3 is 0 Å². The van der Waals surface area contributed by atoms with Gasteiger partial charge in [-0.15, -0.1) is 0 Å². The highest BCUT2D eigenvalue weighted by atomic mass is 32.1. The molecular formula is C23H15N3O4S. The number of non-ortho nitro benzene ring substituents is 1. The maximum Gasteiger partial charge on any atom is 0.274 e. The van der Waals surface area contributed by atoms with E-state index in [0.29, 0.717) is 32.9 Å². The number of nitrogens with zero attached hydrogens (tertiary/aromatic N) is 3. The molecule has 31 heavy (non-hydrogen) atoms. The Kier molecular flexibility index (Phi) is 4.68. The van der Waals surface area contributed by atoms with Crippen molar-refractivity contribution >= 4 is 39.1 Å². The SMILES string of the molecule is O=c1/c(=C\c2cccc(OCc3ccccc3)c2)sc2nc3ccc([N+](=O)[O-])cc3n12. The molecule has 0 saturated heterocycles. The van der Waals surface area contributed by atoms with Gasteiger partial charge < -0.3 is 4.74 Å². The van der Waals surface area contributed by atoms with E-state index in [4.69, 9.17) is 4.74 Å². The molecule has 0 bridgehead atoms. The van der Waals surface area contributed by atoms with Crippen molar-refractivity contribution in [1.82, 2.24) is 9.38 Å². The van der Waals surface area contributed by atoms with Gasteiger partial charge in [-0.1, -0.05) is 53.8 Å². The molecule has 0 aliphatic heterocycles. The number of thiazole rings is 1. The average molecular weight is 429 g/mol. The molecule has 2 heterocycles. The monoisotopic (exact) mass is 429 g/mol. The minimum Gasteiger partial charge on any atom is -0.489 e. The van der Waals surface area contributed by atoms with Crippen LogP contribution in [-0.4, -0.2) is 14.3 Å². The van der Waals surface area contributed by atoms with E-state index >= 15 is 0 Å². The van der Waals surface area contributed by atoms with E-state index in [9.17, 15) is 14.9 Å². The molecule has 0 aliphatic carbocycles. The number of rotatable bonds is 5. The lowest BCUT2D eigenvalue weighted by Crippen LogP contribution is -2.22. The summed E-state index contributed by atoms with van der Waals surface area (Å²) in [5.41, 5.74) is 2.55. The maximum atomic E-state index is 13.0. The van der Waals surface area contributed by atoms with E-state index in [1.807, 2.05) is 54.6 Å². The van der Waals surface area contributed by atoms with Crippen LogP contribution < -0.4 is 14.8 Å². The summed E-state index contributed by atoms with van der Waals surface area (Å²) in [6.07, 6.45) is 1.78. The van der Waals surface area contributed by atoms with E-state index in [-0.39, 0.29) is 11.2 Å². The van der Waals surface area contributed by atoms with Gasteiger partial charge in [-0.2, -0.15) is 0 Å². The summed E-state index contributed by atoms with van der Waals surface area (Å²) in [6, 6.07) is 21.7. The van der Waals surface area contributed by atoms with Gasteiger partial charge in [0.25, 0.3) is 11.2 Å².